The van der Waals surface area contributed by atoms with E-state index in [0.717, 1.165) is 41.7 Å². The Bertz CT molecular complexity index is 695. The highest BCUT2D eigenvalue weighted by molar-refractivity contribution is 5.92. The van der Waals surface area contributed by atoms with Crippen molar-refractivity contribution in [3.63, 3.8) is 0 Å². The molecule has 0 N–H and O–H groups in total. The molecule has 4 nitrogen and oxygen atoms in total. The van der Waals surface area contributed by atoms with Crippen molar-refractivity contribution in [2.45, 2.75) is 19.3 Å². The van der Waals surface area contributed by atoms with Gasteiger partial charge in [-0.05, 0) is 36.1 Å². The van der Waals surface area contributed by atoms with E-state index < -0.39 is 0 Å². The van der Waals surface area contributed by atoms with Crippen LogP contribution in [0.5, 0.6) is 5.75 Å². The summed E-state index contributed by atoms with van der Waals surface area (Å²) in [5, 5.41) is 0. The summed E-state index contributed by atoms with van der Waals surface area (Å²) in [6, 6.07) is 11.7. The minimum Gasteiger partial charge on any atom is -0.493 e. The van der Waals surface area contributed by atoms with Crippen LogP contribution in [0.1, 0.15) is 24.0 Å². The van der Waals surface area contributed by atoms with Crippen LogP contribution >= 0.6 is 0 Å². The molecule has 1 aliphatic rings. The highest BCUT2D eigenvalue weighted by Crippen LogP contribution is 2.32. The second kappa shape index (κ2) is 7.58. The maximum Gasteiger partial charge on any atom is 0.331 e. The Labute approximate surface area is 135 Å². The number of hydrogen-bond donors (Lipinski definition) is 0. The molecule has 118 valence electrons. The van der Waals surface area contributed by atoms with Crippen LogP contribution in [0.15, 0.2) is 54.9 Å². The van der Waals surface area contributed by atoms with Crippen LogP contribution in [0.3, 0.4) is 0 Å². The predicted molar refractivity (Wildman–Crippen MR) is 88.0 cm³/mol. The van der Waals surface area contributed by atoms with Crippen LogP contribution in [-0.4, -0.2) is 24.2 Å². The van der Waals surface area contributed by atoms with Crippen LogP contribution in [0.25, 0.3) is 5.57 Å². The summed E-state index contributed by atoms with van der Waals surface area (Å²) in [5.41, 5.74) is 3.11. The van der Waals surface area contributed by atoms with Crippen molar-refractivity contribution in [3.05, 3.63) is 66.0 Å². The lowest BCUT2D eigenvalue weighted by Crippen LogP contribution is -2.10. The van der Waals surface area contributed by atoms with Gasteiger partial charge in [0.05, 0.1) is 13.2 Å². The monoisotopic (exact) mass is 309 g/mol. The summed E-state index contributed by atoms with van der Waals surface area (Å²) in [4.78, 5) is 16.0. The fourth-order valence-corrected chi connectivity index (χ4v) is 2.59. The molecule has 0 saturated carbocycles. The van der Waals surface area contributed by atoms with E-state index in [9.17, 15) is 4.79 Å². The molecule has 0 aliphatic carbocycles. The Morgan fingerprint density at radius 1 is 1.26 bits per heavy atom. The first kappa shape index (κ1) is 15.3. The Balaban J connectivity index is 1.51. The number of pyridine rings is 1. The van der Waals surface area contributed by atoms with Crippen LogP contribution in [0.2, 0.25) is 0 Å². The molecule has 0 spiro atoms. The van der Waals surface area contributed by atoms with Gasteiger partial charge in [0.1, 0.15) is 5.75 Å². The van der Waals surface area contributed by atoms with E-state index in [0.29, 0.717) is 13.2 Å². The van der Waals surface area contributed by atoms with Crippen molar-refractivity contribution in [1.82, 2.24) is 4.98 Å². The molecular formula is C19H19NO3. The van der Waals surface area contributed by atoms with Crippen molar-refractivity contribution in [1.29, 1.82) is 0 Å². The SMILES string of the molecule is O=C(/C=C1/CCOc2ccccc21)OCCCc1cccnc1. The van der Waals surface area contributed by atoms with E-state index in [1.807, 2.05) is 42.6 Å². The number of carbonyl (C=O) groups is 1. The molecule has 0 fully saturated rings. The number of rotatable bonds is 5. The molecule has 1 aromatic heterocycles. The Morgan fingerprint density at radius 2 is 2.17 bits per heavy atom. The molecular weight excluding hydrogens is 290 g/mol. The molecule has 1 aliphatic heterocycles. The van der Waals surface area contributed by atoms with Crippen molar-refractivity contribution >= 4 is 11.5 Å². The second-order valence-corrected chi connectivity index (χ2v) is 5.40. The Kier molecular flexibility index (Phi) is 5.04. The minimum absolute atomic E-state index is 0.289. The maximum atomic E-state index is 12.0. The number of carbonyl (C=O) groups excluding carboxylic acids is 1. The average Bonchev–Trinajstić information content (AvgIpc) is 2.60. The van der Waals surface area contributed by atoms with E-state index >= 15 is 0 Å². The number of nitrogens with zero attached hydrogens (tertiary/aromatic N) is 1. The quantitative estimate of drug-likeness (QED) is 0.482. The molecule has 23 heavy (non-hydrogen) atoms. The number of aromatic nitrogens is 1. The van der Waals surface area contributed by atoms with Gasteiger partial charge in [0, 0.05) is 30.5 Å². The molecule has 2 heterocycles. The summed E-state index contributed by atoms with van der Waals surface area (Å²) in [6.45, 7) is 1.01. The molecule has 2 aromatic rings. The van der Waals surface area contributed by atoms with Gasteiger partial charge in [-0.25, -0.2) is 4.79 Å². The Hall–Kier alpha value is -2.62. The van der Waals surface area contributed by atoms with Gasteiger partial charge < -0.3 is 9.47 Å². The van der Waals surface area contributed by atoms with Gasteiger partial charge >= 0.3 is 5.97 Å². The van der Waals surface area contributed by atoms with Gasteiger partial charge in [0.15, 0.2) is 0 Å². The zero-order valence-electron chi connectivity index (χ0n) is 12.9. The number of esters is 1. The fourth-order valence-electron chi connectivity index (χ4n) is 2.59. The third kappa shape index (κ3) is 4.19. The van der Waals surface area contributed by atoms with Crippen molar-refractivity contribution in [2.75, 3.05) is 13.2 Å². The summed E-state index contributed by atoms with van der Waals surface area (Å²) >= 11 is 0. The van der Waals surface area contributed by atoms with Gasteiger partial charge in [-0.2, -0.15) is 0 Å². The molecule has 0 radical (unpaired) electrons. The van der Waals surface area contributed by atoms with Gasteiger partial charge in [0.2, 0.25) is 0 Å². The van der Waals surface area contributed by atoms with Crippen LogP contribution in [-0.2, 0) is 16.0 Å². The van der Waals surface area contributed by atoms with Gasteiger partial charge in [-0.1, -0.05) is 24.3 Å². The summed E-state index contributed by atoms with van der Waals surface area (Å²) < 4.78 is 10.9. The van der Waals surface area contributed by atoms with Gasteiger partial charge in [0.25, 0.3) is 0 Å². The standard InChI is InChI=1S/C19H19NO3/c21-19(23-11-4-6-15-5-3-10-20-14-15)13-16-9-12-22-18-8-2-1-7-17(16)18/h1-3,5,7-8,10,13-14H,4,6,9,11-12H2/b16-13-. The normalized spacial score (nSPS) is 14.9. The zero-order chi connectivity index (χ0) is 15.9. The topological polar surface area (TPSA) is 48.4 Å². The van der Waals surface area contributed by atoms with E-state index in [-0.39, 0.29) is 5.97 Å². The van der Waals surface area contributed by atoms with E-state index in [2.05, 4.69) is 4.98 Å². The van der Waals surface area contributed by atoms with E-state index in [1.165, 1.54) is 0 Å². The molecule has 4 heteroatoms. The third-order valence-corrected chi connectivity index (χ3v) is 3.73. The summed E-state index contributed by atoms with van der Waals surface area (Å²) in [5.74, 6) is 0.539. The smallest absolute Gasteiger partial charge is 0.331 e. The van der Waals surface area contributed by atoms with E-state index in [1.54, 1.807) is 12.3 Å². The predicted octanol–water partition coefficient (Wildman–Crippen LogP) is 3.42. The Morgan fingerprint density at radius 3 is 3.04 bits per heavy atom. The first-order chi connectivity index (χ1) is 11.3. The van der Waals surface area contributed by atoms with Crippen molar-refractivity contribution in [3.8, 4) is 5.75 Å². The van der Waals surface area contributed by atoms with E-state index in [4.69, 9.17) is 9.47 Å². The summed E-state index contributed by atoms with van der Waals surface area (Å²) in [6.07, 6.45) is 7.55. The zero-order valence-corrected chi connectivity index (χ0v) is 12.9. The van der Waals surface area contributed by atoms with Crippen LogP contribution < -0.4 is 4.74 Å². The average molecular weight is 309 g/mol. The lowest BCUT2D eigenvalue weighted by molar-refractivity contribution is -0.137. The number of fused-ring (bicyclic) bond motifs is 1. The van der Waals surface area contributed by atoms with Crippen LogP contribution in [0, 0.1) is 0 Å². The van der Waals surface area contributed by atoms with Gasteiger partial charge in [-0.15, -0.1) is 0 Å². The molecule has 0 unspecified atom stereocenters. The number of benzene rings is 1. The molecule has 3 rings (SSSR count). The lowest BCUT2D eigenvalue weighted by Gasteiger charge is -2.19. The van der Waals surface area contributed by atoms with Crippen molar-refractivity contribution < 1.29 is 14.3 Å². The number of hydrogen-bond acceptors (Lipinski definition) is 4. The first-order valence-corrected chi connectivity index (χ1v) is 7.81. The molecule has 0 bridgehead atoms. The highest BCUT2D eigenvalue weighted by atomic mass is 16.5. The van der Waals surface area contributed by atoms with Crippen molar-refractivity contribution in [2.24, 2.45) is 0 Å². The van der Waals surface area contributed by atoms with Gasteiger partial charge in [-0.3, -0.25) is 4.98 Å². The highest BCUT2D eigenvalue weighted by Gasteiger charge is 2.15. The second-order valence-electron chi connectivity index (χ2n) is 5.40. The lowest BCUT2D eigenvalue weighted by atomic mass is 9.99. The molecule has 0 atom stereocenters. The first-order valence-electron chi connectivity index (χ1n) is 7.81. The fraction of sp³-hybridized carbons (Fsp3) is 0.263. The summed E-state index contributed by atoms with van der Waals surface area (Å²) in [7, 11) is 0. The number of para-hydroxylation sites is 1. The molecule has 0 saturated heterocycles. The number of aryl methyl sites for hydroxylation is 1. The molecule has 0 amide bonds. The largest absolute Gasteiger partial charge is 0.493 e. The maximum absolute atomic E-state index is 12.0. The number of ether oxygens (including phenoxy) is 2. The third-order valence-electron chi connectivity index (χ3n) is 3.73. The minimum atomic E-state index is -0.289. The van der Waals surface area contributed by atoms with Crippen LogP contribution in [0.4, 0.5) is 0 Å². The molecule has 1 aromatic carbocycles.